The van der Waals surface area contributed by atoms with Crippen LogP contribution in [0, 0.1) is 11.7 Å². The van der Waals surface area contributed by atoms with Crippen molar-refractivity contribution in [3.63, 3.8) is 0 Å². The third kappa shape index (κ3) is 3.02. The van der Waals surface area contributed by atoms with Gasteiger partial charge in [0.1, 0.15) is 11.4 Å². The van der Waals surface area contributed by atoms with Crippen molar-refractivity contribution in [2.24, 2.45) is 5.92 Å². The maximum absolute atomic E-state index is 13.7. The van der Waals surface area contributed by atoms with Crippen LogP contribution in [0.25, 0.3) is 0 Å². The molecular formula is C15H17ClFNO3. The number of carboxylic acids is 1. The van der Waals surface area contributed by atoms with E-state index in [1.54, 1.807) is 6.92 Å². The van der Waals surface area contributed by atoms with E-state index in [2.05, 4.69) is 5.32 Å². The molecule has 1 amide bonds. The van der Waals surface area contributed by atoms with E-state index in [9.17, 15) is 19.1 Å². The Balaban J connectivity index is 2.31. The first-order valence-corrected chi connectivity index (χ1v) is 7.25. The number of aliphatic carboxylic acids is 1. The Morgan fingerprint density at radius 1 is 1.43 bits per heavy atom. The smallest absolute Gasteiger partial charge is 0.329 e. The van der Waals surface area contributed by atoms with Gasteiger partial charge in [-0.2, -0.15) is 0 Å². The number of carboxylic acid groups (broad SMARTS) is 1. The summed E-state index contributed by atoms with van der Waals surface area (Å²) >= 11 is 5.77. The van der Waals surface area contributed by atoms with Gasteiger partial charge in [0, 0.05) is 5.02 Å². The SMILES string of the molecule is CC1CCCCC1(NC(=O)c1cc(Cl)ccc1F)C(=O)O. The number of amides is 1. The number of carbonyl (C=O) groups is 2. The van der Waals surface area contributed by atoms with Crippen molar-refractivity contribution in [2.75, 3.05) is 0 Å². The highest BCUT2D eigenvalue weighted by Gasteiger charge is 2.46. The Morgan fingerprint density at radius 3 is 2.76 bits per heavy atom. The van der Waals surface area contributed by atoms with Crippen LogP contribution in [-0.2, 0) is 4.79 Å². The minimum atomic E-state index is -1.34. The van der Waals surface area contributed by atoms with Crippen LogP contribution in [0.15, 0.2) is 18.2 Å². The minimum absolute atomic E-state index is 0.213. The number of benzene rings is 1. The lowest BCUT2D eigenvalue weighted by molar-refractivity contribution is -0.148. The summed E-state index contributed by atoms with van der Waals surface area (Å²) in [4.78, 5) is 23.9. The van der Waals surface area contributed by atoms with Crippen molar-refractivity contribution in [3.05, 3.63) is 34.6 Å². The quantitative estimate of drug-likeness (QED) is 0.900. The molecule has 4 nitrogen and oxygen atoms in total. The van der Waals surface area contributed by atoms with E-state index in [1.807, 2.05) is 0 Å². The lowest BCUT2D eigenvalue weighted by atomic mass is 9.73. The first kappa shape index (κ1) is 15.8. The van der Waals surface area contributed by atoms with Crippen LogP contribution >= 0.6 is 11.6 Å². The Bertz CT molecular complexity index is 578. The second-order valence-electron chi connectivity index (χ2n) is 5.50. The summed E-state index contributed by atoms with van der Waals surface area (Å²) in [5, 5.41) is 12.3. The van der Waals surface area contributed by atoms with Gasteiger partial charge in [-0.1, -0.05) is 31.4 Å². The average molecular weight is 314 g/mol. The molecule has 2 rings (SSSR count). The van der Waals surface area contributed by atoms with Crippen molar-refractivity contribution in [1.29, 1.82) is 0 Å². The zero-order valence-corrected chi connectivity index (χ0v) is 12.4. The number of halogens is 2. The fourth-order valence-electron chi connectivity index (χ4n) is 2.85. The first-order valence-electron chi connectivity index (χ1n) is 6.88. The van der Waals surface area contributed by atoms with Crippen LogP contribution in [0.4, 0.5) is 4.39 Å². The number of rotatable bonds is 3. The molecule has 2 atom stereocenters. The summed E-state index contributed by atoms with van der Waals surface area (Å²) in [6.45, 7) is 1.79. The highest BCUT2D eigenvalue weighted by Crippen LogP contribution is 2.34. The molecule has 0 saturated heterocycles. The van der Waals surface area contributed by atoms with E-state index >= 15 is 0 Å². The number of hydrogen-bond donors (Lipinski definition) is 2. The number of carbonyl (C=O) groups excluding carboxylic acids is 1. The molecule has 1 fully saturated rings. The van der Waals surface area contributed by atoms with Crippen molar-refractivity contribution in [2.45, 2.75) is 38.1 Å². The van der Waals surface area contributed by atoms with Gasteiger partial charge in [0.15, 0.2) is 0 Å². The molecule has 1 aliphatic carbocycles. The van der Waals surface area contributed by atoms with E-state index in [4.69, 9.17) is 11.6 Å². The molecule has 6 heteroatoms. The Labute approximate surface area is 127 Å². The minimum Gasteiger partial charge on any atom is -0.479 e. The molecule has 2 N–H and O–H groups in total. The molecule has 0 aliphatic heterocycles. The first-order chi connectivity index (χ1) is 9.86. The maximum Gasteiger partial charge on any atom is 0.329 e. The summed E-state index contributed by atoms with van der Waals surface area (Å²) in [5.74, 6) is -2.76. The van der Waals surface area contributed by atoms with Gasteiger partial charge in [-0.15, -0.1) is 0 Å². The van der Waals surface area contributed by atoms with Crippen LogP contribution < -0.4 is 5.32 Å². The topological polar surface area (TPSA) is 66.4 Å². The molecule has 21 heavy (non-hydrogen) atoms. The van der Waals surface area contributed by atoms with E-state index < -0.39 is 23.2 Å². The molecule has 114 valence electrons. The van der Waals surface area contributed by atoms with Gasteiger partial charge >= 0.3 is 5.97 Å². The lowest BCUT2D eigenvalue weighted by Crippen LogP contribution is -2.60. The van der Waals surface area contributed by atoms with Crippen LogP contribution in [0.5, 0.6) is 0 Å². The highest BCUT2D eigenvalue weighted by atomic mass is 35.5. The zero-order valence-electron chi connectivity index (χ0n) is 11.7. The maximum atomic E-state index is 13.7. The van der Waals surface area contributed by atoms with E-state index in [-0.39, 0.29) is 16.5 Å². The second-order valence-corrected chi connectivity index (χ2v) is 5.94. The molecule has 0 spiro atoms. The van der Waals surface area contributed by atoms with Crippen molar-refractivity contribution < 1.29 is 19.1 Å². The van der Waals surface area contributed by atoms with Crippen molar-refractivity contribution in [3.8, 4) is 0 Å². The molecule has 0 heterocycles. The largest absolute Gasteiger partial charge is 0.479 e. The Hall–Kier alpha value is -1.62. The fourth-order valence-corrected chi connectivity index (χ4v) is 3.02. The van der Waals surface area contributed by atoms with Gasteiger partial charge < -0.3 is 10.4 Å². The Morgan fingerprint density at radius 2 is 2.14 bits per heavy atom. The third-order valence-corrected chi connectivity index (χ3v) is 4.43. The lowest BCUT2D eigenvalue weighted by Gasteiger charge is -2.39. The molecule has 2 unspecified atom stereocenters. The highest BCUT2D eigenvalue weighted by molar-refractivity contribution is 6.31. The average Bonchev–Trinajstić information content (AvgIpc) is 2.43. The summed E-state index contributed by atoms with van der Waals surface area (Å²) in [5.41, 5.74) is -1.58. The van der Waals surface area contributed by atoms with E-state index in [1.165, 1.54) is 12.1 Å². The molecular weight excluding hydrogens is 297 g/mol. The molecule has 1 aromatic carbocycles. The summed E-state index contributed by atoms with van der Waals surface area (Å²) < 4.78 is 13.7. The Kier molecular flexibility index (Phi) is 4.52. The normalized spacial score (nSPS) is 25.4. The van der Waals surface area contributed by atoms with Gasteiger partial charge in [0.05, 0.1) is 5.56 Å². The van der Waals surface area contributed by atoms with Crippen LogP contribution in [-0.4, -0.2) is 22.5 Å². The van der Waals surface area contributed by atoms with Crippen LogP contribution in [0.2, 0.25) is 5.02 Å². The van der Waals surface area contributed by atoms with Crippen molar-refractivity contribution in [1.82, 2.24) is 5.32 Å². The fraction of sp³-hybridized carbons (Fsp3) is 0.467. The zero-order chi connectivity index (χ0) is 15.6. The summed E-state index contributed by atoms with van der Waals surface area (Å²) in [7, 11) is 0. The predicted octanol–water partition coefficient (Wildman–Crippen LogP) is 3.24. The van der Waals surface area contributed by atoms with Gasteiger partial charge in [0.25, 0.3) is 5.91 Å². The number of nitrogens with one attached hydrogen (secondary N) is 1. The molecule has 1 saturated carbocycles. The van der Waals surface area contributed by atoms with Gasteiger partial charge in [-0.25, -0.2) is 9.18 Å². The molecule has 0 radical (unpaired) electrons. The standard InChI is InChI=1S/C15H17ClFNO3/c1-9-4-2-3-7-15(9,14(20)21)18-13(19)11-8-10(16)5-6-12(11)17/h5-6,8-9H,2-4,7H2,1H3,(H,18,19)(H,20,21). The van der Waals surface area contributed by atoms with Gasteiger partial charge in [0.2, 0.25) is 0 Å². The third-order valence-electron chi connectivity index (χ3n) is 4.19. The summed E-state index contributed by atoms with van der Waals surface area (Å²) in [6, 6.07) is 3.63. The summed E-state index contributed by atoms with van der Waals surface area (Å²) in [6.07, 6.45) is 2.70. The van der Waals surface area contributed by atoms with Crippen molar-refractivity contribution >= 4 is 23.5 Å². The molecule has 1 aromatic rings. The monoisotopic (exact) mass is 313 g/mol. The van der Waals surface area contributed by atoms with E-state index in [0.29, 0.717) is 12.8 Å². The van der Waals surface area contributed by atoms with Crippen LogP contribution in [0.1, 0.15) is 43.0 Å². The number of hydrogen-bond acceptors (Lipinski definition) is 2. The van der Waals surface area contributed by atoms with Gasteiger partial charge in [-0.05, 0) is 37.0 Å². The van der Waals surface area contributed by atoms with Gasteiger partial charge in [-0.3, -0.25) is 4.79 Å². The van der Waals surface area contributed by atoms with E-state index in [0.717, 1.165) is 18.9 Å². The second kappa shape index (κ2) is 6.02. The van der Waals surface area contributed by atoms with Crippen LogP contribution in [0.3, 0.4) is 0 Å². The predicted molar refractivity (Wildman–Crippen MR) is 76.9 cm³/mol. The molecule has 1 aliphatic rings. The molecule has 0 bridgehead atoms. The molecule has 0 aromatic heterocycles.